The summed E-state index contributed by atoms with van der Waals surface area (Å²) in [4.78, 5) is 14.2. The molecule has 0 bridgehead atoms. The molecule has 0 aliphatic heterocycles. The van der Waals surface area contributed by atoms with Gasteiger partial charge in [0.1, 0.15) is 0 Å². The van der Waals surface area contributed by atoms with Crippen molar-refractivity contribution in [1.29, 1.82) is 0 Å². The number of aliphatic hydroxyl groups excluding tert-OH is 1. The molecule has 17 heavy (non-hydrogen) atoms. The molecule has 1 aromatic carbocycles. The van der Waals surface area contributed by atoms with Crippen LogP contribution in [-0.4, -0.2) is 21.2 Å². The molecule has 0 saturated heterocycles. The highest BCUT2D eigenvalue weighted by Crippen LogP contribution is 2.30. The smallest absolute Gasteiger partial charge is 0.337 e. The number of aliphatic hydroxyl groups is 1. The Morgan fingerprint density at radius 1 is 1.35 bits per heavy atom. The van der Waals surface area contributed by atoms with Gasteiger partial charge < -0.3 is 15.2 Å². The number of nitrogens with one attached hydrogen (secondary N) is 1. The molecule has 0 saturated carbocycles. The van der Waals surface area contributed by atoms with Crippen molar-refractivity contribution < 1.29 is 15.0 Å². The Bertz CT molecular complexity index is 596. The van der Waals surface area contributed by atoms with Crippen LogP contribution >= 0.6 is 0 Å². The summed E-state index contributed by atoms with van der Waals surface area (Å²) < 4.78 is 0. The highest BCUT2D eigenvalue weighted by molar-refractivity contribution is 6.04. The van der Waals surface area contributed by atoms with E-state index in [0.717, 1.165) is 22.2 Å². The average molecular weight is 233 g/mol. The minimum absolute atomic E-state index is 0.245. The van der Waals surface area contributed by atoms with Crippen molar-refractivity contribution in [2.24, 2.45) is 0 Å². The summed E-state index contributed by atoms with van der Waals surface area (Å²) in [6, 6.07) is 3.53. The lowest BCUT2D eigenvalue weighted by Gasteiger charge is -2.05. The van der Waals surface area contributed by atoms with Crippen LogP contribution in [0.4, 0.5) is 0 Å². The predicted octanol–water partition coefficient (Wildman–Crippen LogP) is 2.54. The van der Waals surface area contributed by atoms with Gasteiger partial charge in [-0.1, -0.05) is 0 Å². The molecule has 1 heterocycles. The van der Waals surface area contributed by atoms with Gasteiger partial charge in [0.15, 0.2) is 0 Å². The lowest BCUT2D eigenvalue weighted by molar-refractivity contribution is 0.0698. The van der Waals surface area contributed by atoms with Crippen LogP contribution < -0.4 is 0 Å². The molecular weight excluding hydrogens is 218 g/mol. The van der Waals surface area contributed by atoms with Crippen LogP contribution in [0, 0.1) is 13.8 Å². The number of carboxylic acids is 1. The zero-order valence-corrected chi connectivity index (χ0v) is 10.0. The van der Waals surface area contributed by atoms with E-state index in [1.54, 1.807) is 13.0 Å². The Morgan fingerprint density at radius 2 is 2.00 bits per heavy atom. The SMILES string of the molecule is Cc1cc(C(=O)O)c2[nH]c(C)c(C(C)O)c2c1. The minimum atomic E-state index is -0.961. The van der Waals surface area contributed by atoms with Crippen LogP contribution in [0.1, 0.15) is 40.2 Å². The first-order chi connectivity index (χ1) is 7.91. The molecule has 0 amide bonds. The highest BCUT2D eigenvalue weighted by Gasteiger charge is 2.18. The van der Waals surface area contributed by atoms with Crippen LogP contribution in [0.25, 0.3) is 10.9 Å². The summed E-state index contributed by atoms with van der Waals surface area (Å²) in [6.45, 7) is 5.36. The number of hydrogen-bond donors (Lipinski definition) is 3. The molecule has 0 radical (unpaired) electrons. The second-order valence-corrected chi connectivity index (χ2v) is 4.38. The van der Waals surface area contributed by atoms with Crippen LogP contribution in [0.2, 0.25) is 0 Å². The van der Waals surface area contributed by atoms with Gasteiger partial charge in [-0.3, -0.25) is 0 Å². The first kappa shape index (κ1) is 11.7. The number of aromatic carboxylic acids is 1. The molecule has 0 fully saturated rings. The number of rotatable bonds is 2. The number of carboxylic acid groups (broad SMARTS) is 1. The van der Waals surface area contributed by atoms with E-state index in [0.29, 0.717) is 5.52 Å². The molecule has 2 rings (SSSR count). The van der Waals surface area contributed by atoms with Gasteiger partial charge in [-0.05, 0) is 38.5 Å². The molecular formula is C13H15NO3. The van der Waals surface area contributed by atoms with Gasteiger partial charge in [0.05, 0.1) is 17.2 Å². The number of fused-ring (bicyclic) bond motifs is 1. The molecule has 0 spiro atoms. The van der Waals surface area contributed by atoms with Crippen molar-refractivity contribution in [3.8, 4) is 0 Å². The quantitative estimate of drug-likeness (QED) is 0.746. The molecule has 0 aliphatic carbocycles. The van der Waals surface area contributed by atoms with E-state index < -0.39 is 12.1 Å². The van der Waals surface area contributed by atoms with Gasteiger partial charge >= 0.3 is 5.97 Å². The Morgan fingerprint density at radius 3 is 2.53 bits per heavy atom. The van der Waals surface area contributed by atoms with Crippen molar-refractivity contribution in [1.82, 2.24) is 4.98 Å². The third-order valence-electron chi connectivity index (χ3n) is 2.94. The van der Waals surface area contributed by atoms with Crippen molar-refractivity contribution in [2.75, 3.05) is 0 Å². The van der Waals surface area contributed by atoms with Gasteiger partial charge in [-0.15, -0.1) is 0 Å². The Labute approximate surface area is 98.9 Å². The summed E-state index contributed by atoms with van der Waals surface area (Å²) in [5, 5.41) is 19.7. The predicted molar refractivity (Wildman–Crippen MR) is 65.4 cm³/mol. The molecule has 4 heteroatoms. The lowest BCUT2D eigenvalue weighted by atomic mass is 10.0. The second kappa shape index (κ2) is 3.89. The third-order valence-corrected chi connectivity index (χ3v) is 2.94. The highest BCUT2D eigenvalue weighted by atomic mass is 16.4. The van der Waals surface area contributed by atoms with Crippen molar-refractivity contribution in [3.05, 3.63) is 34.5 Å². The average Bonchev–Trinajstić information content (AvgIpc) is 2.52. The van der Waals surface area contributed by atoms with E-state index in [4.69, 9.17) is 5.11 Å². The van der Waals surface area contributed by atoms with Crippen molar-refractivity contribution in [3.63, 3.8) is 0 Å². The summed E-state index contributed by atoms with van der Waals surface area (Å²) >= 11 is 0. The minimum Gasteiger partial charge on any atom is -0.478 e. The molecule has 4 nitrogen and oxygen atoms in total. The third kappa shape index (κ3) is 1.80. The van der Waals surface area contributed by atoms with Gasteiger partial charge in [0.2, 0.25) is 0 Å². The monoisotopic (exact) mass is 233 g/mol. The maximum Gasteiger partial charge on any atom is 0.337 e. The maximum absolute atomic E-state index is 11.2. The van der Waals surface area contributed by atoms with E-state index >= 15 is 0 Å². The van der Waals surface area contributed by atoms with E-state index in [1.165, 1.54) is 0 Å². The normalized spacial score (nSPS) is 12.9. The van der Waals surface area contributed by atoms with Gasteiger partial charge in [-0.2, -0.15) is 0 Å². The number of H-pyrrole nitrogens is 1. The number of aromatic amines is 1. The van der Waals surface area contributed by atoms with E-state index in [-0.39, 0.29) is 5.56 Å². The summed E-state index contributed by atoms with van der Waals surface area (Å²) in [6.07, 6.45) is -0.618. The molecule has 3 N–H and O–H groups in total. The first-order valence-electron chi connectivity index (χ1n) is 5.46. The van der Waals surface area contributed by atoms with E-state index in [2.05, 4.69) is 4.98 Å². The molecule has 90 valence electrons. The number of aromatic nitrogens is 1. The van der Waals surface area contributed by atoms with E-state index in [9.17, 15) is 9.90 Å². The van der Waals surface area contributed by atoms with Crippen molar-refractivity contribution >= 4 is 16.9 Å². The fourth-order valence-electron chi connectivity index (χ4n) is 2.30. The summed E-state index contributed by atoms with van der Waals surface area (Å²) in [7, 11) is 0. The van der Waals surface area contributed by atoms with Crippen LogP contribution in [-0.2, 0) is 0 Å². The molecule has 0 aliphatic rings. The zero-order chi connectivity index (χ0) is 12.7. The van der Waals surface area contributed by atoms with Gasteiger partial charge in [0.25, 0.3) is 0 Å². The van der Waals surface area contributed by atoms with Crippen molar-refractivity contribution in [2.45, 2.75) is 26.9 Å². The van der Waals surface area contributed by atoms with Gasteiger partial charge in [0, 0.05) is 16.6 Å². The number of aryl methyl sites for hydroxylation is 2. The Kier molecular flexibility index (Phi) is 2.67. The fourth-order valence-corrected chi connectivity index (χ4v) is 2.30. The fraction of sp³-hybridized carbons (Fsp3) is 0.308. The van der Waals surface area contributed by atoms with Crippen LogP contribution in [0.3, 0.4) is 0 Å². The standard InChI is InChI=1S/C13H15NO3/c1-6-4-9-11(8(3)15)7(2)14-12(9)10(5-6)13(16)17/h4-5,8,14-15H,1-3H3,(H,16,17). The van der Waals surface area contributed by atoms with Crippen LogP contribution in [0.15, 0.2) is 12.1 Å². The first-order valence-corrected chi connectivity index (χ1v) is 5.46. The second-order valence-electron chi connectivity index (χ2n) is 4.38. The summed E-state index contributed by atoms with van der Waals surface area (Å²) in [5.74, 6) is -0.961. The maximum atomic E-state index is 11.2. The lowest BCUT2D eigenvalue weighted by Crippen LogP contribution is -1.98. The van der Waals surface area contributed by atoms with Gasteiger partial charge in [-0.25, -0.2) is 4.79 Å². The molecule has 1 unspecified atom stereocenters. The number of hydrogen-bond acceptors (Lipinski definition) is 2. The number of benzene rings is 1. The Hall–Kier alpha value is -1.81. The Balaban J connectivity index is 2.89. The molecule has 1 aromatic heterocycles. The van der Waals surface area contributed by atoms with E-state index in [1.807, 2.05) is 19.9 Å². The largest absolute Gasteiger partial charge is 0.478 e. The van der Waals surface area contributed by atoms with Crippen LogP contribution in [0.5, 0.6) is 0 Å². The summed E-state index contributed by atoms with van der Waals surface area (Å²) in [5.41, 5.74) is 3.27. The molecule has 1 atom stereocenters. The topological polar surface area (TPSA) is 73.3 Å². The number of carbonyl (C=O) groups is 1. The zero-order valence-electron chi connectivity index (χ0n) is 10.0. The molecule has 2 aromatic rings.